The molecular weight excluding hydrogens is 440 g/mol. The number of amides is 1. The van der Waals surface area contributed by atoms with E-state index in [4.69, 9.17) is 4.74 Å². The summed E-state index contributed by atoms with van der Waals surface area (Å²) in [6, 6.07) is 14.9. The van der Waals surface area contributed by atoms with Gasteiger partial charge in [-0.1, -0.05) is 54.2 Å². The van der Waals surface area contributed by atoms with Gasteiger partial charge < -0.3 is 10.1 Å². The van der Waals surface area contributed by atoms with Crippen molar-refractivity contribution in [1.82, 2.24) is 10.3 Å². The van der Waals surface area contributed by atoms with Gasteiger partial charge in [-0.15, -0.1) is 0 Å². The van der Waals surface area contributed by atoms with Gasteiger partial charge in [-0.05, 0) is 65.2 Å². The van der Waals surface area contributed by atoms with Crippen LogP contribution in [0.15, 0.2) is 88.5 Å². The zero-order chi connectivity index (χ0) is 22.8. The molecule has 1 aliphatic rings. The van der Waals surface area contributed by atoms with Crippen molar-refractivity contribution in [2.75, 3.05) is 19.1 Å². The molecule has 0 saturated heterocycles. The second kappa shape index (κ2) is 12.3. The highest BCUT2D eigenvalue weighted by molar-refractivity contribution is 8.02. The summed E-state index contributed by atoms with van der Waals surface area (Å²) in [5.41, 5.74) is 3.42. The normalized spacial score (nSPS) is 15.5. The molecule has 1 aliphatic carbocycles. The number of methoxy groups -OCH3 is 1. The molecule has 1 atom stereocenters. The van der Waals surface area contributed by atoms with Crippen LogP contribution in [0.5, 0.6) is 0 Å². The van der Waals surface area contributed by atoms with Crippen LogP contribution in [0.25, 0.3) is 5.57 Å². The molecule has 3 rings (SSSR count). The molecule has 1 heterocycles. The smallest absolute Gasteiger partial charge is 0.328 e. The van der Waals surface area contributed by atoms with Gasteiger partial charge in [-0.25, -0.2) is 9.78 Å². The SMILES string of the molecule is COC(=O)[C@H](CCSC)NC(=O)C1=CCC(=CSc2ccccn2)C=C1c1ccccc1. The van der Waals surface area contributed by atoms with E-state index in [1.165, 1.54) is 7.11 Å². The fourth-order valence-corrected chi connectivity index (χ4v) is 4.41. The van der Waals surface area contributed by atoms with Crippen LogP contribution in [0.2, 0.25) is 0 Å². The predicted molar refractivity (Wildman–Crippen MR) is 132 cm³/mol. The first-order valence-corrected chi connectivity index (χ1v) is 12.5. The molecular formula is C25H26N2O3S2. The van der Waals surface area contributed by atoms with Crippen LogP contribution >= 0.6 is 23.5 Å². The number of carbonyl (C=O) groups is 2. The molecule has 1 aromatic heterocycles. The number of nitrogens with one attached hydrogen (secondary N) is 1. The summed E-state index contributed by atoms with van der Waals surface area (Å²) >= 11 is 3.17. The fourth-order valence-electron chi connectivity index (χ4n) is 3.22. The van der Waals surface area contributed by atoms with Gasteiger partial charge in [0.2, 0.25) is 0 Å². The number of carbonyl (C=O) groups excluding carboxylic acids is 2. The average molecular weight is 467 g/mol. The lowest BCUT2D eigenvalue weighted by Gasteiger charge is -2.21. The molecule has 0 fully saturated rings. The van der Waals surface area contributed by atoms with E-state index in [1.807, 2.05) is 66.9 Å². The number of thioether (sulfide) groups is 2. The molecule has 2 aromatic rings. The molecule has 0 aliphatic heterocycles. The minimum atomic E-state index is -0.672. The molecule has 32 heavy (non-hydrogen) atoms. The van der Waals surface area contributed by atoms with E-state index in [-0.39, 0.29) is 5.91 Å². The summed E-state index contributed by atoms with van der Waals surface area (Å²) in [7, 11) is 1.34. The minimum Gasteiger partial charge on any atom is -0.467 e. The quantitative estimate of drug-likeness (QED) is 0.420. The molecule has 1 aromatic carbocycles. The zero-order valence-corrected chi connectivity index (χ0v) is 19.7. The molecule has 0 spiro atoms. The second-order valence-electron chi connectivity index (χ2n) is 7.06. The molecule has 166 valence electrons. The number of benzene rings is 1. The number of rotatable bonds is 9. The highest BCUT2D eigenvalue weighted by atomic mass is 32.2. The van der Waals surface area contributed by atoms with Crippen LogP contribution in [-0.4, -0.2) is 42.0 Å². The van der Waals surface area contributed by atoms with Crippen LogP contribution in [0.3, 0.4) is 0 Å². The Balaban J connectivity index is 1.84. The second-order valence-corrected chi connectivity index (χ2v) is 8.93. The van der Waals surface area contributed by atoms with Crippen molar-refractivity contribution in [2.24, 2.45) is 0 Å². The summed E-state index contributed by atoms with van der Waals surface area (Å²) in [6.45, 7) is 0. The summed E-state index contributed by atoms with van der Waals surface area (Å²) in [4.78, 5) is 29.7. The van der Waals surface area contributed by atoms with E-state index >= 15 is 0 Å². The third kappa shape index (κ3) is 6.61. The first kappa shape index (κ1) is 23.9. The lowest BCUT2D eigenvalue weighted by Crippen LogP contribution is -2.42. The standard InChI is InChI=1S/C25H26N2O3S2/c1-30-25(29)22(13-15-31-2)27-24(28)20-12-11-18(17-32-23-10-6-7-14-26-23)16-21(20)19-8-4-3-5-9-19/h3-10,12,14,16-17,22H,11,13,15H2,1-2H3,(H,27,28)/t22-/m0/s1. The van der Waals surface area contributed by atoms with Crippen LogP contribution in [0.4, 0.5) is 0 Å². The zero-order valence-electron chi connectivity index (χ0n) is 18.1. The number of aromatic nitrogens is 1. The summed E-state index contributed by atoms with van der Waals surface area (Å²) in [5, 5.41) is 5.85. The van der Waals surface area contributed by atoms with Gasteiger partial charge in [0.15, 0.2) is 0 Å². The summed E-state index contributed by atoms with van der Waals surface area (Å²) in [5.74, 6) is 0.0485. The van der Waals surface area contributed by atoms with Crippen molar-refractivity contribution in [1.29, 1.82) is 0 Å². The Kier molecular flexibility index (Phi) is 9.19. The fraction of sp³-hybridized carbons (Fsp3) is 0.240. The molecule has 1 amide bonds. The lowest BCUT2D eigenvalue weighted by molar-refractivity contribution is -0.144. The van der Waals surface area contributed by atoms with Gasteiger partial charge >= 0.3 is 5.97 Å². The van der Waals surface area contributed by atoms with Crippen molar-refractivity contribution in [3.63, 3.8) is 0 Å². The van der Waals surface area contributed by atoms with Gasteiger partial charge in [0.1, 0.15) is 11.1 Å². The maximum absolute atomic E-state index is 13.2. The van der Waals surface area contributed by atoms with E-state index in [0.717, 1.165) is 27.5 Å². The van der Waals surface area contributed by atoms with Crippen LogP contribution in [0.1, 0.15) is 18.4 Å². The van der Waals surface area contributed by atoms with Gasteiger partial charge in [-0.3, -0.25) is 4.79 Å². The van der Waals surface area contributed by atoms with Crippen LogP contribution < -0.4 is 5.32 Å². The Labute approximate surface area is 197 Å². The monoisotopic (exact) mass is 466 g/mol. The number of hydrogen-bond acceptors (Lipinski definition) is 6. The first-order chi connectivity index (χ1) is 15.6. The largest absolute Gasteiger partial charge is 0.467 e. The molecule has 0 saturated carbocycles. The molecule has 0 radical (unpaired) electrons. The Morgan fingerprint density at radius 3 is 2.66 bits per heavy atom. The topological polar surface area (TPSA) is 68.3 Å². The highest BCUT2D eigenvalue weighted by Gasteiger charge is 2.26. The molecule has 0 unspecified atom stereocenters. The number of pyridine rings is 1. The third-order valence-corrected chi connectivity index (χ3v) is 6.41. The minimum absolute atomic E-state index is 0.270. The first-order valence-electron chi connectivity index (χ1n) is 10.2. The number of nitrogens with zero attached hydrogens (tertiary/aromatic N) is 1. The average Bonchev–Trinajstić information content (AvgIpc) is 2.85. The Hall–Kier alpha value is -2.77. The van der Waals surface area contributed by atoms with Crippen LogP contribution in [-0.2, 0) is 14.3 Å². The molecule has 7 heteroatoms. The van der Waals surface area contributed by atoms with E-state index in [2.05, 4.69) is 15.7 Å². The summed E-state index contributed by atoms with van der Waals surface area (Å²) < 4.78 is 4.89. The van der Waals surface area contributed by atoms with Crippen molar-refractivity contribution in [2.45, 2.75) is 23.9 Å². The highest BCUT2D eigenvalue weighted by Crippen LogP contribution is 2.32. The Morgan fingerprint density at radius 1 is 1.19 bits per heavy atom. The van der Waals surface area contributed by atoms with E-state index in [9.17, 15) is 9.59 Å². The van der Waals surface area contributed by atoms with E-state index < -0.39 is 12.0 Å². The maximum atomic E-state index is 13.2. The number of hydrogen-bond donors (Lipinski definition) is 1. The van der Waals surface area contributed by atoms with Crippen molar-refractivity contribution in [3.8, 4) is 0 Å². The third-order valence-electron chi connectivity index (χ3n) is 4.86. The van der Waals surface area contributed by atoms with Gasteiger partial charge in [0.25, 0.3) is 5.91 Å². The van der Waals surface area contributed by atoms with Crippen molar-refractivity contribution >= 4 is 41.0 Å². The molecule has 5 nitrogen and oxygen atoms in total. The van der Waals surface area contributed by atoms with Gasteiger partial charge in [-0.2, -0.15) is 11.8 Å². The Bertz CT molecular complexity index is 1020. The number of allylic oxidation sites excluding steroid dienone is 3. The maximum Gasteiger partial charge on any atom is 0.328 e. The molecule has 0 bridgehead atoms. The van der Waals surface area contributed by atoms with Gasteiger partial charge in [0, 0.05) is 11.8 Å². The number of esters is 1. The Morgan fingerprint density at radius 2 is 1.97 bits per heavy atom. The number of ether oxygens (including phenoxy) is 1. The van der Waals surface area contributed by atoms with E-state index in [1.54, 1.807) is 29.7 Å². The lowest BCUT2D eigenvalue weighted by atomic mass is 9.89. The van der Waals surface area contributed by atoms with Crippen LogP contribution in [0, 0.1) is 0 Å². The van der Waals surface area contributed by atoms with Crippen molar-refractivity contribution < 1.29 is 14.3 Å². The summed E-state index contributed by atoms with van der Waals surface area (Å²) in [6.07, 6.45) is 8.83. The van der Waals surface area contributed by atoms with Gasteiger partial charge in [0.05, 0.1) is 7.11 Å². The molecule has 1 N–H and O–H groups in total. The van der Waals surface area contributed by atoms with E-state index in [0.29, 0.717) is 18.4 Å². The predicted octanol–water partition coefficient (Wildman–Crippen LogP) is 4.88. The van der Waals surface area contributed by atoms with Crippen molar-refractivity contribution in [3.05, 3.63) is 89.0 Å².